The third-order valence-electron chi connectivity index (χ3n) is 7.86. The maximum atomic E-state index is 13.5. The van der Waals surface area contributed by atoms with Gasteiger partial charge in [0.2, 0.25) is 12.7 Å². The van der Waals surface area contributed by atoms with Gasteiger partial charge in [-0.3, -0.25) is 9.59 Å². The van der Waals surface area contributed by atoms with Crippen molar-refractivity contribution < 1.29 is 38.8 Å². The van der Waals surface area contributed by atoms with Gasteiger partial charge in [-0.2, -0.15) is 0 Å². The monoisotopic (exact) mass is 603 g/mol. The number of rotatable bonds is 7. The molecule has 0 radical (unpaired) electrons. The van der Waals surface area contributed by atoms with E-state index >= 15 is 0 Å². The van der Waals surface area contributed by atoms with Gasteiger partial charge in [0.25, 0.3) is 0 Å². The highest BCUT2D eigenvalue weighted by Gasteiger charge is 2.31. The van der Waals surface area contributed by atoms with E-state index < -0.39 is 23.7 Å². The van der Waals surface area contributed by atoms with Gasteiger partial charge in [0.05, 0.1) is 12.4 Å². The number of aromatic nitrogens is 2. The summed E-state index contributed by atoms with van der Waals surface area (Å²) in [6, 6.07) is 6.55. The fraction of sp³-hybridized carbons (Fsp3) is 0.394. The Morgan fingerprint density at radius 1 is 1.14 bits per heavy atom. The van der Waals surface area contributed by atoms with Gasteiger partial charge in [-0.05, 0) is 61.9 Å². The second-order valence-electron chi connectivity index (χ2n) is 11.1. The van der Waals surface area contributed by atoms with Crippen LogP contribution in [0.3, 0.4) is 0 Å². The zero-order valence-corrected chi connectivity index (χ0v) is 24.6. The number of aromatic amines is 1. The minimum atomic E-state index is -0.852. The molecule has 44 heavy (non-hydrogen) atoms. The quantitative estimate of drug-likeness (QED) is 0.275. The molecule has 4 N–H and O–H groups in total. The normalized spacial score (nSPS) is 18.5. The Labute approximate surface area is 255 Å². The number of phenolic OH excluding ortho intramolecular Hbond substituents is 2. The summed E-state index contributed by atoms with van der Waals surface area (Å²) in [5, 5.41) is 25.9. The summed E-state index contributed by atoms with van der Waals surface area (Å²) in [6.07, 6.45) is 9.79. The van der Waals surface area contributed by atoms with Crippen LogP contribution < -0.4 is 14.8 Å². The molecule has 0 fully saturated rings. The SMILES string of the molecule is C[C@H]1CCCC(=O)CCC/C=C/c2cc(O)c(C(CC(=O)NCCc3cnc[nH]3)c3ccc4c(c3)OCO4)c(O)c2C(=O)O1. The molecule has 5 rings (SSSR count). The largest absolute Gasteiger partial charge is 0.507 e. The van der Waals surface area contributed by atoms with Crippen molar-refractivity contribution in [3.05, 3.63) is 70.8 Å². The van der Waals surface area contributed by atoms with Gasteiger partial charge in [-0.25, -0.2) is 9.78 Å². The van der Waals surface area contributed by atoms with Gasteiger partial charge in [-0.15, -0.1) is 0 Å². The van der Waals surface area contributed by atoms with E-state index in [0.717, 1.165) is 5.69 Å². The number of esters is 1. The predicted molar refractivity (Wildman–Crippen MR) is 161 cm³/mol. The van der Waals surface area contributed by atoms with Crippen molar-refractivity contribution in [2.75, 3.05) is 13.3 Å². The number of ether oxygens (including phenoxy) is 3. The van der Waals surface area contributed by atoms with E-state index in [9.17, 15) is 24.6 Å². The van der Waals surface area contributed by atoms with Crippen molar-refractivity contribution in [3.8, 4) is 23.0 Å². The van der Waals surface area contributed by atoms with Crippen molar-refractivity contribution in [3.63, 3.8) is 0 Å². The van der Waals surface area contributed by atoms with E-state index in [1.165, 1.54) is 6.07 Å². The molecule has 1 amide bonds. The average Bonchev–Trinajstić information content (AvgIpc) is 3.68. The molecule has 11 nitrogen and oxygen atoms in total. The lowest BCUT2D eigenvalue weighted by Crippen LogP contribution is -2.27. The maximum absolute atomic E-state index is 13.5. The minimum absolute atomic E-state index is 0.0241. The van der Waals surface area contributed by atoms with E-state index in [0.29, 0.717) is 68.6 Å². The van der Waals surface area contributed by atoms with Crippen molar-refractivity contribution in [2.45, 2.75) is 70.3 Å². The second kappa shape index (κ2) is 14.1. The summed E-state index contributed by atoms with van der Waals surface area (Å²) in [7, 11) is 0. The molecule has 2 aliphatic heterocycles. The number of carbonyl (C=O) groups is 3. The van der Waals surface area contributed by atoms with Gasteiger partial charge in [0, 0.05) is 55.6 Å². The van der Waals surface area contributed by atoms with Crippen LogP contribution in [0.2, 0.25) is 0 Å². The number of benzene rings is 2. The first-order valence-electron chi connectivity index (χ1n) is 14.9. The zero-order chi connectivity index (χ0) is 31.1. The van der Waals surface area contributed by atoms with Crippen LogP contribution in [0, 0.1) is 0 Å². The number of carbonyl (C=O) groups excluding carboxylic acids is 3. The van der Waals surface area contributed by atoms with Crippen molar-refractivity contribution in [1.82, 2.24) is 15.3 Å². The lowest BCUT2D eigenvalue weighted by atomic mass is 9.84. The molecule has 0 spiro atoms. The smallest absolute Gasteiger partial charge is 0.342 e. The highest BCUT2D eigenvalue weighted by Crippen LogP contribution is 2.46. The number of nitrogens with zero attached hydrogens (tertiary/aromatic N) is 1. The Bertz CT molecular complexity index is 1530. The van der Waals surface area contributed by atoms with Crippen molar-refractivity contribution in [1.29, 1.82) is 0 Å². The number of fused-ring (bicyclic) bond motifs is 2. The number of allylic oxidation sites excluding steroid dienone is 1. The van der Waals surface area contributed by atoms with E-state index in [1.54, 1.807) is 49.8 Å². The molecule has 0 bridgehead atoms. The highest BCUT2D eigenvalue weighted by molar-refractivity contribution is 5.98. The molecule has 2 atom stereocenters. The molecule has 2 aliphatic rings. The number of amides is 1. The molecular weight excluding hydrogens is 566 g/mol. The summed E-state index contributed by atoms with van der Waals surface area (Å²) in [5.74, 6) is -1.49. The summed E-state index contributed by atoms with van der Waals surface area (Å²) in [5.41, 5.74) is 1.64. The molecule has 2 aromatic carbocycles. The lowest BCUT2D eigenvalue weighted by Gasteiger charge is -2.23. The Morgan fingerprint density at radius 3 is 2.77 bits per heavy atom. The molecule has 11 heteroatoms. The number of ketones is 1. The molecule has 3 heterocycles. The van der Waals surface area contributed by atoms with E-state index in [1.807, 2.05) is 0 Å². The number of H-pyrrole nitrogens is 1. The molecular formula is C33H37N3O8. The van der Waals surface area contributed by atoms with Gasteiger partial charge in [0.1, 0.15) is 22.8 Å². The first-order chi connectivity index (χ1) is 21.3. The molecule has 232 valence electrons. The number of nitrogens with one attached hydrogen (secondary N) is 2. The van der Waals surface area contributed by atoms with Gasteiger partial charge in [0.15, 0.2) is 11.5 Å². The second-order valence-corrected chi connectivity index (χ2v) is 11.1. The Hall–Kier alpha value is -4.80. The Balaban J connectivity index is 1.51. The summed E-state index contributed by atoms with van der Waals surface area (Å²) >= 11 is 0. The molecule has 1 aromatic heterocycles. The van der Waals surface area contributed by atoms with Crippen LogP contribution in [0.1, 0.15) is 90.5 Å². The third-order valence-corrected chi connectivity index (χ3v) is 7.86. The Morgan fingerprint density at radius 2 is 1.95 bits per heavy atom. The molecule has 0 aliphatic carbocycles. The average molecular weight is 604 g/mol. The van der Waals surface area contributed by atoms with Crippen LogP contribution in [0.15, 0.2) is 42.9 Å². The summed E-state index contributed by atoms with van der Waals surface area (Å²) < 4.78 is 16.7. The van der Waals surface area contributed by atoms with Crippen LogP contribution in [-0.2, 0) is 20.7 Å². The summed E-state index contributed by atoms with van der Waals surface area (Å²) in [6.45, 7) is 2.14. The number of cyclic esters (lactones) is 1. The number of hydrogen-bond donors (Lipinski definition) is 4. The highest BCUT2D eigenvalue weighted by atomic mass is 16.7. The van der Waals surface area contributed by atoms with Crippen LogP contribution >= 0.6 is 0 Å². The molecule has 0 saturated carbocycles. The first-order valence-corrected chi connectivity index (χ1v) is 14.9. The predicted octanol–water partition coefficient (Wildman–Crippen LogP) is 4.91. The third kappa shape index (κ3) is 7.39. The van der Waals surface area contributed by atoms with Gasteiger partial charge < -0.3 is 34.7 Å². The first kappa shape index (κ1) is 30.7. The van der Waals surface area contributed by atoms with Gasteiger partial charge in [-0.1, -0.05) is 18.2 Å². The topological polar surface area (TPSA) is 160 Å². The number of Topliss-reactive ketones (excluding diaryl/α,β-unsaturated/α-hetero) is 1. The number of hydrogen-bond acceptors (Lipinski definition) is 9. The molecule has 0 saturated heterocycles. The van der Waals surface area contributed by atoms with Crippen molar-refractivity contribution in [2.24, 2.45) is 0 Å². The van der Waals surface area contributed by atoms with E-state index in [-0.39, 0.29) is 47.3 Å². The number of imidazole rings is 1. The van der Waals surface area contributed by atoms with Gasteiger partial charge >= 0.3 is 5.97 Å². The van der Waals surface area contributed by atoms with Crippen molar-refractivity contribution >= 4 is 23.7 Å². The van der Waals surface area contributed by atoms with Crippen LogP contribution in [-0.4, -0.2) is 57.3 Å². The summed E-state index contributed by atoms with van der Waals surface area (Å²) in [4.78, 5) is 45.9. The fourth-order valence-corrected chi connectivity index (χ4v) is 5.55. The van der Waals surface area contributed by atoms with Crippen LogP contribution in [0.4, 0.5) is 0 Å². The van der Waals surface area contributed by atoms with E-state index in [4.69, 9.17) is 14.2 Å². The van der Waals surface area contributed by atoms with E-state index in [2.05, 4.69) is 15.3 Å². The standard InChI is InChI=1S/C33H37N3O8/c1-20-6-5-9-24(37)8-4-2-3-7-22-14-26(38)31(32(40)30(22)33(41)44-20)25(21-10-11-27-28(15-21)43-19-42-27)16-29(39)35-13-12-23-17-34-18-36-23/h3,7,10-11,14-15,17-18,20,25,38,40H,2,4-6,8-9,12-13,16,19H2,1H3,(H,34,36)(H,35,39)/b7-3+/t20-,25?/m0/s1. The maximum Gasteiger partial charge on any atom is 0.342 e. The number of aromatic hydroxyl groups is 2. The zero-order valence-electron chi connectivity index (χ0n) is 24.6. The van der Waals surface area contributed by atoms with Crippen LogP contribution in [0.5, 0.6) is 23.0 Å². The minimum Gasteiger partial charge on any atom is -0.507 e. The lowest BCUT2D eigenvalue weighted by molar-refractivity contribution is -0.121. The Kier molecular flexibility index (Phi) is 9.83. The molecule has 1 unspecified atom stereocenters. The van der Waals surface area contributed by atoms with Crippen LogP contribution in [0.25, 0.3) is 6.08 Å². The molecule has 3 aromatic rings. The fourth-order valence-electron chi connectivity index (χ4n) is 5.55. The number of phenols is 2.